The smallest absolute Gasteiger partial charge is 0.0785 e. The van der Waals surface area contributed by atoms with Gasteiger partial charge in [-0.1, -0.05) is 0 Å². The van der Waals surface area contributed by atoms with E-state index in [1.807, 2.05) is 0 Å². The fourth-order valence-corrected chi connectivity index (χ4v) is 2.14. The standard InChI is InChI=1S/C10H16N4/c11-8-2-1-3-10(12,6-8)9-7-13-4-5-14-9/h4-5,7-8H,1-3,6,11-12H2. The van der Waals surface area contributed by atoms with E-state index in [4.69, 9.17) is 11.5 Å². The van der Waals surface area contributed by atoms with Crippen molar-refractivity contribution in [2.45, 2.75) is 37.3 Å². The van der Waals surface area contributed by atoms with Crippen LogP contribution in [-0.4, -0.2) is 16.0 Å². The lowest BCUT2D eigenvalue weighted by molar-refractivity contribution is 0.266. The third-order valence-corrected chi connectivity index (χ3v) is 2.90. The van der Waals surface area contributed by atoms with Gasteiger partial charge in [0.2, 0.25) is 0 Å². The molecule has 0 radical (unpaired) electrons. The Balaban J connectivity index is 2.23. The van der Waals surface area contributed by atoms with Crippen LogP contribution in [0.1, 0.15) is 31.4 Å². The fourth-order valence-electron chi connectivity index (χ4n) is 2.14. The second-order valence-electron chi connectivity index (χ2n) is 4.10. The Hall–Kier alpha value is -1.00. The molecule has 0 amide bonds. The molecule has 0 bridgehead atoms. The van der Waals surface area contributed by atoms with E-state index in [-0.39, 0.29) is 11.6 Å². The van der Waals surface area contributed by atoms with Crippen molar-refractivity contribution in [3.63, 3.8) is 0 Å². The Kier molecular flexibility index (Phi) is 2.48. The number of rotatable bonds is 1. The summed E-state index contributed by atoms with van der Waals surface area (Å²) in [5.41, 5.74) is 12.7. The molecule has 4 N–H and O–H groups in total. The molecule has 1 aromatic rings. The first-order chi connectivity index (χ1) is 6.71. The van der Waals surface area contributed by atoms with E-state index < -0.39 is 0 Å². The summed E-state index contributed by atoms with van der Waals surface area (Å²) in [5.74, 6) is 0. The first-order valence-electron chi connectivity index (χ1n) is 5.02. The maximum atomic E-state index is 6.29. The molecule has 76 valence electrons. The summed E-state index contributed by atoms with van der Waals surface area (Å²) in [5, 5.41) is 0. The van der Waals surface area contributed by atoms with E-state index in [2.05, 4.69) is 9.97 Å². The molecule has 0 aliphatic heterocycles. The first-order valence-corrected chi connectivity index (χ1v) is 5.02. The first kappa shape index (κ1) is 9.55. The summed E-state index contributed by atoms with van der Waals surface area (Å²) in [6, 6.07) is 0.204. The van der Waals surface area contributed by atoms with E-state index in [1.165, 1.54) is 0 Å². The lowest BCUT2D eigenvalue weighted by atomic mass is 9.78. The second-order valence-corrected chi connectivity index (χ2v) is 4.10. The van der Waals surface area contributed by atoms with Crippen LogP contribution in [-0.2, 0) is 5.54 Å². The highest BCUT2D eigenvalue weighted by molar-refractivity contribution is 5.12. The van der Waals surface area contributed by atoms with Crippen LogP contribution in [0.25, 0.3) is 0 Å². The molecule has 4 heteroatoms. The van der Waals surface area contributed by atoms with Crippen molar-refractivity contribution in [3.8, 4) is 0 Å². The van der Waals surface area contributed by atoms with Crippen molar-refractivity contribution >= 4 is 0 Å². The molecule has 0 aromatic carbocycles. The molecule has 0 spiro atoms. The average Bonchev–Trinajstić information content (AvgIpc) is 2.19. The zero-order valence-corrected chi connectivity index (χ0v) is 8.19. The summed E-state index contributed by atoms with van der Waals surface area (Å²) >= 11 is 0. The monoisotopic (exact) mass is 192 g/mol. The Morgan fingerprint density at radius 3 is 2.93 bits per heavy atom. The summed E-state index contributed by atoms with van der Waals surface area (Å²) < 4.78 is 0. The van der Waals surface area contributed by atoms with Gasteiger partial charge in [-0.2, -0.15) is 0 Å². The van der Waals surface area contributed by atoms with Crippen molar-refractivity contribution in [3.05, 3.63) is 24.3 Å². The van der Waals surface area contributed by atoms with Gasteiger partial charge in [0.05, 0.1) is 17.4 Å². The zero-order chi connectivity index (χ0) is 10.0. The van der Waals surface area contributed by atoms with Crippen LogP contribution in [0.3, 0.4) is 0 Å². The summed E-state index contributed by atoms with van der Waals surface area (Å²) in [4.78, 5) is 8.31. The number of hydrogen-bond acceptors (Lipinski definition) is 4. The van der Waals surface area contributed by atoms with Crippen molar-refractivity contribution < 1.29 is 0 Å². The molecule has 2 rings (SSSR count). The molecule has 1 fully saturated rings. The van der Waals surface area contributed by atoms with Crippen LogP contribution in [0.4, 0.5) is 0 Å². The van der Waals surface area contributed by atoms with Gasteiger partial charge in [0, 0.05) is 18.4 Å². The molecule has 1 aromatic heterocycles. The average molecular weight is 192 g/mol. The maximum absolute atomic E-state index is 6.29. The zero-order valence-electron chi connectivity index (χ0n) is 8.19. The normalized spacial score (nSPS) is 32.9. The maximum Gasteiger partial charge on any atom is 0.0785 e. The lowest BCUT2D eigenvalue weighted by Gasteiger charge is -2.35. The van der Waals surface area contributed by atoms with E-state index in [1.54, 1.807) is 18.6 Å². The topological polar surface area (TPSA) is 77.8 Å². The van der Waals surface area contributed by atoms with Gasteiger partial charge in [-0.15, -0.1) is 0 Å². The molecule has 1 saturated carbocycles. The van der Waals surface area contributed by atoms with Crippen molar-refractivity contribution in [1.82, 2.24) is 9.97 Å². The van der Waals surface area contributed by atoms with Gasteiger partial charge >= 0.3 is 0 Å². The quantitative estimate of drug-likeness (QED) is 0.680. The van der Waals surface area contributed by atoms with Gasteiger partial charge in [-0.05, 0) is 25.7 Å². The second kappa shape index (κ2) is 3.63. The molecule has 2 unspecified atom stereocenters. The van der Waals surface area contributed by atoms with Crippen LogP contribution in [0.15, 0.2) is 18.6 Å². The molecule has 1 heterocycles. The Morgan fingerprint density at radius 1 is 1.43 bits per heavy atom. The number of aromatic nitrogens is 2. The van der Waals surface area contributed by atoms with Crippen molar-refractivity contribution in [2.24, 2.45) is 11.5 Å². The molecule has 1 aliphatic rings. The Labute approximate surface area is 83.7 Å². The van der Waals surface area contributed by atoms with E-state index in [9.17, 15) is 0 Å². The van der Waals surface area contributed by atoms with Crippen LogP contribution < -0.4 is 11.5 Å². The highest BCUT2D eigenvalue weighted by Crippen LogP contribution is 2.32. The molecular formula is C10H16N4. The number of nitrogens with zero attached hydrogens (tertiary/aromatic N) is 2. The fraction of sp³-hybridized carbons (Fsp3) is 0.600. The minimum absolute atomic E-state index is 0.204. The molecule has 2 atom stereocenters. The highest BCUT2D eigenvalue weighted by Gasteiger charge is 2.34. The van der Waals surface area contributed by atoms with Gasteiger partial charge in [0.1, 0.15) is 0 Å². The lowest BCUT2D eigenvalue weighted by Crippen LogP contribution is -2.46. The summed E-state index contributed by atoms with van der Waals surface area (Å²) in [6.07, 6.45) is 9.01. The van der Waals surface area contributed by atoms with E-state index >= 15 is 0 Å². The van der Waals surface area contributed by atoms with Gasteiger partial charge < -0.3 is 11.5 Å². The SMILES string of the molecule is NC1CCCC(N)(c2cnccn2)C1. The predicted octanol–water partition coefficient (Wildman–Crippen LogP) is 0.532. The molecular weight excluding hydrogens is 176 g/mol. The molecule has 0 saturated heterocycles. The van der Waals surface area contributed by atoms with Gasteiger partial charge in [0.15, 0.2) is 0 Å². The van der Waals surface area contributed by atoms with Gasteiger partial charge in [-0.25, -0.2) is 0 Å². The minimum Gasteiger partial charge on any atom is -0.328 e. The molecule has 4 nitrogen and oxygen atoms in total. The van der Waals surface area contributed by atoms with Crippen molar-refractivity contribution in [1.29, 1.82) is 0 Å². The van der Waals surface area contributed by atoms with Crippen LogP contribution in [0, 0.1) is 0 Å². The van der Waals surface area contributed by atoms with Crippen molar-refractivity contribution in [2.75, 3.05) is 0 Å². The Bertz CT molecular complexity index is 300. The third kappa shape index (κ3) is 1.76. The predicted molar refractivity (Wildman–Crippen MR) is 54.3 cm³/mol. The summed E-state index contributed by atoms with van der Waals surface area (Å²) in [7, 11) is 0. The third-order valence-electron chi connectivity index (χ3n) is 2.90. The van der Waals surface area contributed by atoms with Gasteiger partial charge in [-0.3, -0.25) is 9.97 Å². The number of nitrogens with two attached hydrogens (primary N) is 2. The van der Waals surface area contributed by atoms with E-state index in [0.717, 1.165) is 31.4 Å². The van der Waals surface area contributed by atoms with Crippen LogP contribution >= 0.6 is 0 Å². The minimum atomic E-state index is -0.355. The van der Waals surface area contributed by atoms with Crippen LogP contribution in [0.2, 0.25) is 0 Å². The van der Waals surface area contributed by atoms with E-state index in [0.29, 0.717) is 0 Å². The van der Waals surface area contributed by atoms with Gasteiger partial charge in [0.25, 0.3) is 0 Å². The highest BCUT2D eigenvalue weighted by atomic mass is 14.9. The van der Waals surface area contributed by atoms with Crippen LogP contribution in [0.5, 0.6) is 0 Å². The molecule has 14 heavy (non-hydrogen) atoms. The number of hydrogen-bond donors (Lipinski definition) is 2. The summed E-state index contributed by atoms with van der Waals surface area (Å²) in [6.45, 7) is 0. The Morgan fingerprint density at radius 2 is 2.29 bits per heavy atom. The molecule has 1 aliphatic carbocycles. The largest absolute Gasteiger partial charge is 0.328 e.